The number of hydrogen-bond donors (Lipinski definition) is 0. The van der Waals surface area contributed by atoms with E-state index in [1.54, 1.807) is 10.9 Å². The molecule has 1 aromatic heterocycles. The van der Waals surface area contributed by atoms with Gasteiger partial charge in [0.15, 0.2) is 0 Å². The van der Waals surface area contributed by atoms with Crippen LogP contribution in [0.5, 0.6) is 0 Å². The summed E-state index contributed by atoms with van der Waals surface area (Å²) in [5, 5.41) is 0. The molecule has 0 saturated heterocycles. The first-order valence-corrected chi connectivity index (χ1v) is 4.35. The first-order chi connectivity index (χ1) is 6.20. The molecule has 0 N–H and O–H groups in total. The maximum Gasteiger partial charge on any atom is 0.253 e. The molecule has 4 nitrogen and oxygen atoms in total. The van der Waals surface area contributed by atoms with E-state index in [-0.39, 0.29) is 5.56 Å². The van der Waals surface area contributed by atoms with E-state index < -0.39 is 0 Å². The van der Waals surface area contributed by atoms with E-state index in [2.05, 4.69) is 9.88 Å². The van der Waals surface area contributed by atoms with Crippen molar-refractivity contribution in [2.45, 2.75) is 13.0 Å². The number of nitrogens with zero attached hydrogens (tertiary/aromatic N) is 3. The summed E-state index contributed by atoms with van der Waals surface area (Å²) >= 11 is 0. The van der Waals surface area contributed by atoms with Gasteiger partial charge in [0.05, 0.1) is 6.33 Å². The van der Waals surface area contributed by atoms with Crippen molar-refractivity contribution in [3.8, 4) is 0 Å². The topological polar surface area (TPSA) is 38.1 Å². The second-order valence-electron chi connectivity index (χ2n) is 3.27. The quantitative estimate of drug-likeness (QED) is 0.665. The van der Waals surface area contributed by atoms with E-state index in [9.17, 15) is 4.79 Å². The Morgan fingerprint density at radius 2 is 2.31 bits per heavy atom. The largest absolute Gasteiger partial charge is 0.309 e. The first kappa shape index (κ1) is 9.92. The third kappa shape index (κ3) is 3.38. The lowest BCUT2D eigenvalue weighted by Crippen LogP contribution is -2.21. The summed E-state index contributed by atoms with van der Waals surface area (Å²) in [5.74, 6) is 0. The second-order valence-corrected chi connectivity index (χ2v) is 3.27. The van der Waals surface area contributed by atoms with Crippen LogP contribution in [-0.2, 0) is 6.54 Å². The summed E-state index contributed by atoms with van der Waals surface area (Å²) in [6.07, 6.45) is 4.07. The van der Waals surface area contributed by atoms with E-state index in [0.717, 1.165) is 19.5 Å². The SMILES string of the molecule is CN(C)CCCn1cnccc1=O. The highest BCUT2D eigenvalue weighted by atomic mass is 16.1. The minimum Gasteiger partial charge on any atom is -0.309 e. The van der Waals surface area contributed by atoms with E-state index in [4.69, 9.17) is 0 Å². The molecule has 1 heterocycles. The highest BCUT2D eigenvalue weighted by molar-refractivity contribution is 4.81. The van der Waals surface area contributed by atoms with Crippen LogP contribution < -0.4 is 5.56 Å². The zero-order valence-corrected chi connectivity index (χ0v) is 8.10. The lowest BCUT2D eigenvalue weighted by Gasteiger charge is -2.09. The van der Waals surface area contributed by atoms with Crippen molar-refractivity contribution in [2.75, 3.05) is 20.6 Å². The standard InChI is InChI=1S/C9H15N3O/c1-11(2)6-3-7-12-8-10-5-4-9(12)13/h4-5,8H,3,6-7H2,1-2H3. The van der Waals surface area contributed by atoms with Crippen LogP contribution in [0.2, 0.25) is 0 Å². The van der Waals surface area contributed by atoms with Gasteiger partial charge in [0.2, 0.25) is 0 Å². The Hall–Kier alpha value is -1.16. The van der Waals surface area contributed by atoms with Crippen molar-refractivity contribution in [3.63, 3.8) is 0 Å². The van der Waals surface area contributed by atoms with Gasteiger partial charge in [-0.2, -0.15) is 0 Å². The average Bonchev–Trinajstić information content (AvgIpc) is 2.08. The Bertz CT molecular complexity index is 306. The van der Waals surface area contributed by atoms with Gasteiger partial charge >= 0.3 is 0 Å². The molecule has 0 atom stereocenters. The van der Waals surface area contributed by atoms with Gasteiger partial charge in [-0.1, -0.05) is 0 Å². The third-order valence-corrected chi connectivity index (χ3v) is 1.80. The molecular formula is C9H15N3O. The smallest absolute Gasteiger partial charge is 0.253 e. The monoisotopic (exact) mass is 181 g/mol. The highest BCUT2D eigenvalue weighted by Crippen LogP contribution is 1.87. The normalized spacial score (nSPS) is 10.7. The molecule has 0 spiro atoms. The van der Waals surface area contributed by atoms with Crippen LogP contribution in [0.25, 0.3) is 0 Å². The molecule has 4 heteroatoms. The van der Waals surface area contributed by atoms with Gasteiger partial charge < -0.3 is 4.90 Å². The Balaban J connectivity index is 2.46. The van der Waals surface area contributed by atoms with Gasteiger partial charge in [0.25, 0.3) is 5.56 Å². The number of aryl methyl sites for hydroxylation is 1. The maximum absolute atomic E-state index is 11.2. The number of rotatable bonds is 4. The summed E-state index contributed by atoms with van der Waals surface area (Å²) in [4.78, 5) is 17.2. The maximum atomic E-state index is 11.2. The van der Waals surface area contributed by atoms with Crippen molar-refractivity contribution in [1.29, 1.82) is 0 Å². The molecule has 0 aliphatic rings. The van der Waals surface area contributed by atoms with Gasteiger partial charge in [0, 0.05) is 18.8 Å². The Morgan fingerprint density at radius 3 is 2.92 bits per heavy atom. The van der Waals surface area contributed by atoms with Crippen molar-refractivity contribution in [3.05, 3.63) is 28.9 Å². The fourth-order valence-corrected chi connectivity index (χ4v) is 1.10. The molecule has 1 rings (SSSR count). The lowest BCUT2D eigenvalue weighted by atomic mass is 10.4. The fraction of sp³-hybridized carbons (Fsp3) is 0.556. The zero-order chi connectivity index (χ0) is 9.68. The van der Waals surface area contributed by atoms with Gasteiger partial charge in [-0.15, -0.1) is 0 Å². The van der Waals surface area contributed by atoms with E-state index in [0.29, 0.717) is 0 Å². The summed E-state index contributed by atoms with van der Waals surface area (Å²) in [6.45, 7) is 1.73. The lowest BCUT2D eigenvalue weighted by molar-refractivity contribution is 0.384. The van der Waals surface area contributed by atoms with Gasteiger partial charge in [-0.3, -0.25) is 9.36 Å². The van der Waals surface area contributed by atoms with Crippen molar-refractivity contribution in [1.82, 2.24) is 14.5 Å². The molecular weight excluding hydrogens is 166 g/mol. The van der Waals surface area contributed by atoms with Crippen LogP contribution in [0.3, 0.4) is 0 Å². The summed E-state index contributed by atoms with van der Waals surface area (Å²) in [7, 11) is 4.04. The van der Waals surface area contributed by atoms with Gasteiger partial charge in [0.1, 0.15) is 0 Å². The zero-order valence-electron chi connectivity index (χ0n) is 8.10. The summed E-state index contributed by atoms with van der Waals surface area (Å²) in [6, 6.07) is 1.48. The minimum atomic E-state index is 0.0220. The predicted molar refractivity (Wildman–Crippen MR) is 51.7 cm³/mol. The molecule has 0 amide bonds. The molecule has 0 bridgehead atoms. The second kappa shape index (κ2) is 4.77. The van der Waals surface area contributed by atoms with Gasteiger partial charge in [-0.25, -0.2) is 4.98 Å². The molecule has 0 unspecified atom stereocenters. The van der Waals surface area contributed by atoms with Crippen molar-refractivity contribution in [2.24, 2.45) is 0 Å². The fourth-order valence-electron chi connectivity index (χ4n) is 1.10. The molecule has 0 saturated carbocycles. The average molecular weight is 181 g/mol. The van der Waals surface area contributed by atoms with E-state index in [1.165, 1.54) is 12.3 Å². The van der Waals surface area contributed by atoms with Crippen LogP contribution in [0.15, 0.2) is 23.4 Å². The summed E-state index contributed by atoms with van der Waals surface area (Å²) < 4.78 is 1.63. The van der Waals surface area contributed by atoms with Crippen LogP contribution >= 0.6 is 0 Å². The van der Waals surface area contributed by atoms with Crippen molar-refractivity contribution >= 4 is 0 Å². The van der Waals surface area contributed by atoms with Crippen LogP contribution in [0.4, 0.5) is 0 Å². The first-order valence-electron chi connectivity index (χ1n) is 4.35. The summed E-state index contributed by atoms with van der Waals surface area (Å²) in [5.41, 5.74) is 0.0220. The predicted octanol–water partition coefficient (Wildman–Crippen LogP) is 0.195. The molecule has 0 aromatic carbocycles. The number of aromatic nitrogens is 2. The van der Waals surface area contributed by atoms with Gasteiger partial charge in [-0.05, 0) is 27.1 Å². The molecule has 0 aliphatic heterocycles. The van der Waals surface area contributed by atoms with Crippen LogP contribution in [0.1, 0.15) is 6.42 Å². The molecule has 1 aromatic rings. The highest BCUT2D eigenvalue weighted by Gasteiger charge is 1.94. The van der Waals surface area contributed by atoms with Crippen LogP contribution in [0, 0.1) is 0 Å². The Labute approximate surface area is 77.8 Å². The third-order valence-electron chi connectivity index (χ3n) is 1.80. The molecule has 0 radical (unpaired) electrons. The number of hydrogen-bond acceptors (Lipinski definition) is 3. The molecule has 0 aliphatic carbocycles. The van der Waals surface area contributed by atoms with E-state index >= 15 is 0 Å². The Morgan fingerprint density at radius 1 is 1.54 bits per heavy atom. The Kier molecular flexibility index (Phi) is 3.64. The minimum absolute atomic E-state index is 0.0220. The molecule has 72 valence electrons. The molecule has 0 fully saturated rings. The van der Waals surface area contributed by atoms with Crippen LogP contribution in [-0.4, -0.2) is 35.1 Å². The molecule has 13 heavy (non-hydrogen) atoms. The van der Waals surface area contributed by atoms with E-state index in [1.807, 2.05) is 14.1 Å². The van der Waals surface area contributed by atoms with Crippen molar-refractivity contribution < 1.29 is 0 Å².